The van der Waals surface area contributed by atoms with Gasteiger partial charge in [0.05, 0.1) is 0 Å². The average Bonchev–Trinajstić information content (AvgIpc) is 3.04. The van der Waals surface area contributed by atoms with Crippen molar-refractivity contribution >= 4 is 5.69 Å². The third kappa shape index (κ3) is 4.10. The summed E-state index contributed by atoms with van der Waals surface area (Å²) in [5, 5.41) is 0. The lowest BCUT2D eigenvalue weighted by Crippen LogP contribution is -2.33. The molecule has 0 N–H and O–H groups in total. The van der Waals surface area contributed by atoms with Crippen molar-refractivity contribution in [3.8, 4) is 0 Å². The minimum atomic E-state index is 0.586. The summed E-state index contributed by atoms with van der Waals surface area (Å²) < 4.78 is 2.36. The number of piperidine rings is 1. The molecular formula is C18H27N5. The van der Waals surface area contributed by atoms with Crippen molar-refractivity contribution in [1.29, 1.82) is 0 Å². The Morgan fingerprint density at radius 3 is 2.57 bits per heavy atom. The van der Waals surface area contributed by atoms with Crippen LogP contribution in [0.5, 0.6) is 0 Å². The van der Waals surface area contributed by atoms with E-state index in [0.717, 1.165) is 26.2 Å². The van der Waals surface area contributed by atoms with E-state index >= 15 is 0 Å². The van der Waals surface area contributed by atoms with E-state index in [0.29, 0.717) is 5.92 Å². The van der Waals surface area contributed by atoms with Crippen LogP contribution in [0.15, 0.2) is 36.9 Å². The summed E-state index contributed by atoms with van der Waals surface area (Å²) in [5.41, 5.74) is 1.28. The van der Waals surface area contributed by atoms with Gasteiger partial charge in [-0.1, -0.05) is 0 Å². The fourth-order valence-corrected chi connectivity index (χ4v) is 3.38. The molecule has 0 spiro atoms. The number of anilines is 1. The Hall–Kier alpha value is -1.88. The van der Waals surface area contributed by atoms with Gasteiger partial charge in [-0.15, -0.1) is 0 Å². The Morgan fingerprint density at radius 2 is 1.87 bits per heavy atom. The molecule has 1 aliphatic heterocycles. The molecule has 1 saturated heterocycles. The first kappa shape index (κ1) is 16.0. The van der Waals surface area contributed by atoms with E-state index in [1.807, 2.05) is 18.6 Å². The number of aryl methyl sites for hydroxylation is 1. The minimum Gasteiger partial charge on any atom is -0.371 e. The van der Waals surface area contributed by atoms with Gasteiger partial charge in [-0.2, -0.15) is 0 Å². The largest absolute Gasteiger partial charge is 0.371 e. The smallest absolute Gasteiger partial charge is 0.111 e. The molecule has 3 rings (SSSR count). The average molecular weight is 313 g/mol. The predicted molar refractivity (Wildman–Crippen MR) is 93.8 cm³/mol. The zero-order chi connectivity index (χ0) is 16.1. The maximum absolute atomic E-state index is 4.66. The van der Waals surface area contributed by atoms with Gasteiger partial charge in [-0.05, 0) is 52.0 Å². The second kappa shape index (κ2) is 7.59. The van der Waals surface area contributed by atoms with Crippen LogP contribution in [0.1, 0.15) is 31.0 Å². The number of imidazole rings is 1. The lowest BCUT2D eigenvalue weighted by molar-refractivity contribution is 0.380. The van der Waals surface area contributed by atoms with Crippen LogP contribution in [0, 0.1) is 0 Å². The van der Waals surface area contributed by atoms with Gasteiger partial charge in [0, 0.05) is 56.0 Å². The normalized spacial score (nSPS) is 16.2. The second-order valence-electron chi connectivity index (χ2n) is 6.60. The molecule has 3 heterocycles. The van der Waals surface area contributed by atoms with E-state index in [1.54, 1.807) is 0 Å². The summed E-state index contributed by atoms with van der Waals surface area (Å²) in [6, 6.07) is 4.20. The molecule has 1 fully saturated rings. The van der Waals surface area contributed by atoms with Crippen molar-refractivity contribution in [2.45, 2.75) is 31.7 Å². The first-order valence-corrected chi connectivity index (χ1v) is 8.55. The SMILES string of the molecule is CN(C)CCCn1ccnc1C1CCN(c2ccncc2)CC1. The Bertz CT molecular complexity index is 584. The molecule has 5 heteroatoms. The fourth-order valence-electron chi connectivity index (χ4n) is 3.38. The molecule has 0 bridgehead atoms. The highest BCUT2D eigenvalue weighted by molar-refractivity contribution is 5.45. The topological polar surface area (TPSA) is 37.2 Å². The van der Waals surface area contributed by atoms with Gasteiger partial charge in [0.25, 0.3) is 0 Å². The lowest BCUT2D eigenvalue weighted by atomic mass is 9.95. The van der Waals surface area contributed by atoms with Crippen molar-refractivity contribution in [2.24, 2.45) is 0 Å². The van der Waals surface area contributed by atoms with E-state index in [1.165, 1.54) is 30.8 Å². The number of nitrogens with zero attached hydrogens (tertiary/aromatic N) is 5. The van der Waals surface area contributed by atoms with E-state index < -0.39 is 0 Å². The highest BCUT2D eigenvalue weighted by Crippen LogP contribution is 2.29. The molecule has 0 radical (unpaired) electrons. The Kier molecular flexibility index (Phi) is 5.28. The lowest BCUT2D eigenvalue weighted by Gasteiger charge is -2.33. The summed E-state index contributed by atoms with van der Waals surface area (Å²) in [5.74, 6) is 1.86. The van der Waals surface area contributed by atoms with E-state index in [9.17, 15) is 0 Å². The molecule has 0 aliphatic carbocycles. The summed E-state index contributed by atoms with van der Waals surface area (Å²) in [4.78, 5) is 13.5. The molecule has 2 aromatic rings. The van der Waals surface area contributed by atoms with E-state index in [2.05, 4.69) is 56.8 Å². The summed E-state index contributed by atoms with van der Waals surface area (Å²) in [7, 11) is 4.26. The molecule has 0 atom stereocenters. The summed E-state index contributed by atoms with van der Waals surface area (Å²) in [6.07, 6.45) is 11.4. The second-order valence-corrected chi connectivity index (χ2v) is 6.60. The number of rotatable bonds is 6. The standard InChI is InChI=1S/C18H27N5/c1-21(2)11-3-12-23-15-10-20-18(23)16-6-13-22(14-7-16)17-4-8-19-9-5-17/h4-5,8-10,15-16H,3,6-7,11-14H2,1-2H3. The fraction of sp³-hybridized carbons (Fsp3) is 0.556. The number of aromatic nitrogens is 3. The Morgan fingerprint density at radius 1 is 1.13 bits per heavy atom. The number of pyridine rings is 1. The first-order chi connectivity index (χ1) is 11.2. The van der Waals surface area contributed by atoms with E-state index in [-0.39, 0.29) is 0 Å². The Labute approximate surface area is 139 Å². The third-order valence-corrected chi connectivity index (χ3v) is 4.64. The number of hydrogen-bond acceptors (Lipinski definition) is 4. The quantitative estimate of drug-likeness (QED) is 0.821. The molecule has 2 aromatic heterocycles. The summed E-state index contributed by atoms with van der Waals surface area (Å²) in [6.45, 7) is 4.38. The highest BCUT2D eigenvalue weighted by Gasteiger charge is 2.23. The summed E-state index contributed by atoms with van der Waals surface area (Å²) >= 11 is 0. The zero-order valence-electron chi connectivity index (χ0n) is 14.2. The molecule has 23 heavy (non-hydrogen) atoms. The molecular weight excluding hydrogens is 286 g/mol. The maximum Gasteiger partial charge on any atom is 0.111 e. The van der Waals surface area contributed by atoms with Crippen LogP contribution in [-0.2, 0) is 6.54 Å². The van der Waals surface area contributed by atoms with Crippen LogP contribution >= 0.6 is 0 Å². The van der Waals surface area contributed by atoms with Crippen LogP contribution in [0.3, 0.4) is 0 Å². The van der Waals surface area contributed by atoms with Gasteiger partial charge in [0.1, 0.15) is 5.82 Å². The maximum atomic E-state index is 4.66. The van der Waals surface area contributed by atoms with Crippen LogP contribution in [-0.4, -0.2) is 53.2 Å². The van der Waals surface area contributed by atoms with Gasteiger partial charge >= 0.3 is 0 Å². The van der Waals surface area contributed by atoms with Gasteiger partial charge in [-0.3, -0.25) is 4.98 Å². The molecule has 0 unspecified atom stereocenters. The molecule has 0 aromatic carbocycles. The van der Waals surface area contributed by atoms with Gasteiger partial charge < -0.3 is 14.4 Å². The molecule has 124 valence electrons. The Balaban J connectivity index is 1.57. The van der Waals surface area contributed by atoms with Crippen molar-refractivity contribution < 1.29 is 0 Å². The highest BCUT2D eigenvalue weighted by atomic mass is 15.1. The van der Waals surface area contributed by atoms with Crippen molar-refractivity contribution in [3.05, 3.63) is 42.7 Å². The van der Waals surface area contributed by atoms with Gasteiger partial charge in [-0.25, -0.2) is 4.98 Å². The predicted octanol–water partition coefficient (Wildman–Crippen LogP) is 2.61. The zero-order valence-corrected chi connectivity index (χ0v) is 14.2. The molecule has 0 saturated carbocycles. The first-order valence-electron chi connectivity index (χ1n) is 8.55. The molecule has 1 aliphatic rings. The minimum absolute atomic E-state index is 0.586. The van der Waals surface area contributed by atoms with Crippen molar-refractivity contribution in [1.82, 2.24) is 19.4 Å². The monoisotopic (exact) mass is 313 g/mol. The van der Waals surface area contributed by atoms with Crippen LogP contribution in [0.25, 0.3) is 0 Å². The van der Waals surface area contributed by atoms with Crippen LogP contribution in [0.4, 0.5) is 5.69 Å². The van der Waals surface area contributed by atoms with Crippen LogP contribution < -0.4 is 4.90 Å². The van der Waals surface area contributed by atoms with E-state index in [4.69, 9.17) is 0 Å². The van der Waals surface area contributed by atoms with Crippen molar-refractivity contribution in [2.75, 3.05) is 38.6 Å². The third-order valence-electron chi connectivity index (χ3n) is 4.64. The van der Waals surface area contributed by atoms with Gasteiger partial charge in [0.15, 0.2) is 0 Å². The number of hydrogen-bond donors (Lipinski definition) is 0. The molecule has 0 amide bonds. The van der Waals surface area contributed by atoms with Crippen LogP contribution in [0.2, 0.25) is 0 Å². The molecule has 5 nitrogen and oxygen atoms in total. The van der Waals surface area contributed by atoms with Gasteiger partial charge in [0.2, 0.25) is 0 Å². The van der Waals surface area contributed by atoms with Crippen molar-refractivity contribution in [3.63, 3.8) is 0 Å².